The summed E-state index contributed by atoms with van der Waals surface area (Å²) in [6.45, 7) is 0.0538. The molecule has 0 bridgehead atoms. The van der Waals surface area contributed by atoms with Crippen molar-refractivity contribution in [1.82, 2.24) is 4.98 Å². The highest BCUT2D eigenvalue weighted by atomic mass is 35.5. The smallest absolute Gasteiger partial charge is 0.265 e. The van der Waals surface area contributed by atoms with Gasteiger partial charge in [-0.1, -0.05) is 23.2 Å². The fraction of sp³-hybridized carbons (Fsp3) is 0.100. The predicted molar refractivity (Wildman–Crippen MR) is 77.3 cm³/mol. The predicted octanol–water partition coefficient (Wildman–Crippen LogP) is 2.71. The Bertz CT molecular complexity index is 687. The zero-order valence-electron chi connectivity index (χ0n) is 9.43. The summed E-state index contributed by atoms with van der Waals surface area (Å²) in [5, 5.41) is 2.28. The van der Waals surface area contributed by atoms with Gasteiger partial charge in [-0.15, -0.1) is 11.3 Å². The van der Waals surface area contributed by atoms with Gasteiger partial charge in [0.25, 0.3) is 10.0 Å². The molecule has 0 aliphatic rings. The molecule has 2 aromatic rings. The first-order valence-electron chi connectivity index (χ1n) is 5.05. The molecular formula is C10H9Cl2N3O2S2. The Labute approximate surface area is 124 Å². The van der Waals surface area contributed by atoms with E-state index in [0.29, 0.717) is 10.6 Å². The van der Waals surface area contributed by atoms with Crippen molar-refractivity contribution in [3.8, 4) is 0 Å². The minimum Gasteiger partial charge on any atom is -0.326 e. The summed E-state index contributed by atoms with van der Waals surface area (Å²) < 4.78 is 26.7. The van der Waals surface area contributed by atoms with Crippen LogP contribution >= 0.6 is 34.5 Å². The normalized spacial score (nSPS) is 11.5. The highest BCUT2D eigenvalue weighted by Crippen LogP contribution is 2.31. The van der Waals surface area contributed by atoms with Crippen molar-refractivity contribution in [2.24, 2.45) is 5.73 Å². The van der Waals surface area contributed by atoms with E-state index in [0.717, 1.165) is 0 Å². The number of nitrogens with two attached hydrogens (primary N) is 1. The highest BCUT2D eigenvalue weighted by molar-refractivity contribution is 7.93. The Morgan fingerprint density at radius 1 is 1.37 bits per heavy atom. The molecule has 1 heterocycles. The van der Waals surface area contributed by atoms with Gasteiger partial charge in [0.05, 0.1) is 5.02 Å². The maximum atomic E-state index is 12.2. The molecule has 0 saturated heterocycles. The van der Waals surface area contributed by atoms with E-state index in [2.05, 4.69) is 9.71 Å². The van der Waals surface area contributed by atoms with Crippen LogP contribution in [0, 0.1) is 0 Å². The number of thiazole rings is 1. The number of nitrogens with zero attached hydrogens (tertiary/aromatic N) is 1. The van der Waals surface area contributed by atoms with Crippen LogP contribution in [0.25, 0.3) is 0 Å². The van der Waals surface area contributed by atoms with E-state index >= 15 is 0 Å². The summed E-state index contributed by atoms with van der Waals surface area (Å²) in [5.74, 6) is 0. The first kappa shape index (κ1) is 14.5. The van der Waals surface area contributed by atoms with E-state index in [9.17, 15) is 8.42 Å². The highest BCUT2D eigenvalue weighted by Gasteiger charge is 2.22. The van der Waals surface area contributed by atoms with Crippen molar-refractivity contribution >= 4 is 49.7 Å². The Morgan fingerprint density at radius 2 is 2.11 bits per heavy atom. The molecule has 0 aliphatic heterocycles. The average Bonchev–Trinajstić information content (AvgIpc) is 2.81. The zero-order chi connectivity index (χ0) is 14.0. The molecule has 0 spiro atoms. The maximum Gasteiger partial charge on any atom is 0.265 e. The Balaban J connectivity index is 2.47. The third kappa shape index (κ3) is 3.01. The standard InChI is InChI=1S/C10H9Cl2N3O2S2/c11-7-1-2-8(9(12)6(7)5-13)19(16,17)15-10-14-3-4-18-10/h1-4H,5,13H2,(H,14,15). The fourth-order valence-electron chi connectivity index (χ4n) is 1.41. The number of halogens is 2. The topological polar surface area (TPSA) is 85.1 Å². The molecule has 102 valence electrons. The number of aromatic nitrogens is 1. The van der Waals surface area contributed by atoms with Crippen LogP contribution in [-0.4, -0.2) is 13.4 Å². The van der Waals surface area contributed by atoms with E-state index in [-0.39, 0.29) is 21.6 Å². The summed E-state index contributed by atoms with van der Waals surface area (Å²) in [4.78, 5) is 3.78. The van der Waals surface area contributed by atoms with Gasteiger partial charge in [0.2, 0.25) is 0 Å². The second-order valence-corrected chi connectivity index (χ2v) is 6.82. The first-order valence-corrected chi connectivity index (χ1v) is 8.17. The lowest BCUT2D eigenvalue weighted by Crippen LogP contribution is -2.14. The van der Waals surface area contributed by atoms with Gasteiger partial charge in [0.1, 0.15) is 4.90 Å². The van der Waals surface area contributed by atoms with Crippen LogP contribution in [-0.2, 0) is 16.6 Å². The lowest BCUT2D eigenvalue weighted by molar-refractivity contribution is 0.601. The summed E-state index contributed by atoms with van der Waals surface area (Å²) in [5.41, 5.74) is 5.90. The van der Waals surface area contributed by atoms with Crippen molar-refractivity contribution in [1.29, 1.82) is 0 Å². The van der Waals surface area contributed by atoms with Gasteiger partial charge in [-0.2, -0.15) is 0 Å². The number of hydrogen-bond acceptors (Lipinski definition) is 5. The fourth-order valence-corrected chi connectivity index (χ4v) is 4.14. The Morgan fingerprint density at radius 3 is 2.68 bits per heavy atom. The van der Waals surface area contributed by atoms with Crippen molar-refractivity contribution < 1.29 is 8.42 Å². The quantitative estimate of drug-likeness (QED) is 0.898. The summed E-state index contributed by atoms with van der Waals surface area (Å²) >= 11 is 13.1. The van der Waals surface area contributed by atoms with E-state index in [1.807, 2.05) is 0 Å². The molecule has 1 aromatic heterocycles. The Kier molecular flexibility index (Phi) is 4.32. The third-order valence-corrected chi connectivity index (χ3v) is 5.40. The molecular weight excluding hydrogens is 329 g/mol. The second kappa shape index (κ2) is 5.64. The Hall–Kier alpha value is -0.860. The van der Waals surface area contributed by atoms with Crippen LogP contribution in [0.15, 0.2) is 28.6 Å². The largest absolute Gasteiger partial charge is 0.326 e. The summed E-state index contributed by atoms with van der Waals surface area (Å²) in [6.07, 6.45) is 1.50. The molecule has 0 radical (unpaired) electrons. The lowest BCUT2D eigenvalue weighted by atomic mass is 10.2. The maximum absolute atomic E-state index is 12.2. The van der Waals surface area contributed by atoms with Crippen molar-refractivity contribution in [3.05, 3.63) is 39.3 Å². The molecule has 9 heteroatoms. The first-order chi connectivity index (χ1) is 8.95. The van der Waals surface area contributed by atoms with Gasteiger partial charge in [0, 0.05) is 28.7 Å². The van der Waals surface area contributed by atoms with Crippen LogP contribution in [0.3, 0.4) is 0 Å². The number of anilines is 1. The number of nitrogens with one attached hydrogen (secondary N) is 1. The number of benzene rings is 1. The van der Waals surface area contributed by atoms with E-state index in [1.165, 1.54) is 29.7 Å². The van der Waals surface area contributed by atoms with Crippen LogP contribution in [0.5, 0.6) is 0 Å². The molecule has 5 nitrogen and oxygen atoms in total. The van der Waals surface area contributed by atoms with Gasteiger partial charge < -0.3 is 5.73 Å². The molecule has 0 fully saturated rings. The van der Waals surface area contributed by atoms with Crippen molar-refractivity contribution in [2.45, 2.75) is 11.4 Å². The van der Waals surface area contributed by atoms with Crippen molar-refractivity contribution in [2.75, 3.05) is 4.72 Å². The molecule has 19 heavy (non-hydrogen) atoms. The number of hydrogen-bond donors (Lipinski definition) is 2. The van der Waals surface area contributed by atoms with Gasteiger partial charge in [-0.05, 0) is 12.1 Å². The molecule has 0 atom stereocenters. The van der Waals surface area contributed by atoms with Crippen LogP contribution in [0.2, 0.25) is 10.0 Å². The van der Waals surface area contributed by atoms with Gasteiger partial charge in [-0.25, -0.2) is 13.4 Å². The number of rotatable bonds is 4. The van der Waals surface area contributed by atoms with Crippen LogP contribution < -0.4 is 10.5 Å². The molecule has 0 saturated carbocycles. The van der Waals surface area contributed by atoms with Gasteiger partial charge in [-0.3, -0.25) is 4.72 Å². The van der Waals surface area contributed by atoms with Gasteiger partial charge >= 0.3 is 0 Å². The van der Waals surface area contributed by atoms with E-state index in [1.54, 1.807) is 5.38 Å². The summed E-state index contributed by atoms with van der Waals surface area (Å²) in [7, 11) is -3.81. The second-order valence-electron chi connectivity index (χ2n) is 3.48. The minimum atomic E-state index is -3.81. The molecule has 0 unspecified atom stereocenters. The molecule has 3 N–H and O–H groups in total. The molecule has 0 aliphatic carbocycles. The number of sulfonamides is 1. The zero-order valence-corrected chi connectivity index (χ0v) is 12.6. The molecule has 0 amide bonds. The lowest BCUT2D eigenvalue weighted by Gasteiger charge is -2.11. The van der Waals surface area contributed by atoms with Gasteiger partial charge in [0.15, 0.2) is 5.13 Å². The monoisotopic (exact) mass is 337 g/mol. The SMILES string of the molecule is NCc1c(Cl)ccc(S(=O)(=O)Nc2nccs2)c1Cl. The van der Waals surface area contributed by atoms with Crippen LogP contribution in [0.1, 0.15) is 5.56 Å². The van der Waals surface area contributed by atoms with Crippen molar-refractivity contribution in [3.63, 3.8) is 0 Å². The van der Waals surface area contributed by atoms with E-state index < -0.39 is 10.0 Å². The molecule has 1 aromatic carbocycles. The molecule has 2 rings (SSSR count). The average molecular weight is 338 g/mol. The summed E-state index contributed by atoms with van der Waals surface area (Å²) in [6, 6.07) is 2.78. The van der Waals surface area contributed by atoms with E-state index in [4.69, 9.17) is 28.9 Å². The minimum absolute atomic E-state index is 0.0269. The third-order valence-electron chi connectivity index (χ3n) is 2.30. The van der Waals surface area contributed by atoms with Crippen LogP contribution in [0.4, 0.5) is 5.13 Å².